The lowest BCUT2D eigenvalue weighted by molar-refractivity contribution is -0.161. The molecule has 0 rings (SSSR count). The molecule has 0 saturated heterocycles. The Morgan fingerprint density at radius 2 is 0.478 bits per heavy atom. The Hall–Kier alpha value is -3.96. The topological polar surface area (TPSA) is 72.8 Å². The van der Waals surface area contributed by atoms with Gasteiger partial charge in [-0.05, 0) is 116 Å². The summed E-state index contributed by atoms with van der Waals surface area (Å²) in [7, 11) is 0. The van der Waals surface area contributed by atoms with E-state index in [-0.39, 0.29) is 25.2 Å². The van der Waals surface area contributed by atoms with Gasteiger partial charge in [-0.2, -0.15) is 0 Å². The summed E-state index contributed by atoms with van der Waals surface area (Å²) < 4.78 is 10.8. The van der Waals surface area contributed by atoms with Crippen LogP contribution in [-0.4, -0.2) is 36.4 Å². The number of esters is 2. The number of allylic oxidation sites excluding steroid dienone is 22. The van der Waals surface area contributed by atoms with Crippen LogP contribution in [0.5, 0.6) is 0 Å². The number of ether oxygens (including phenoxy) is 2. The van der Waals surface area contributed by atoms with Crippen molar-refractivity contribution >= 4 is 11.9 Å². The Balaban J connectivity index is 3.47. The molecule has 5 nitrogen and oxygen atoms in total. The van der Waals surface area contributed by atoms with Crippen LogP contribution in [0.1, 0.15) is 373 Å². The third kappa shape index (κ3) is 76.5. The van der Waals surface area contributed by atoms with E-state index in [0.717, 1.165) is 109 Å². The van der Waals surface area contributed by atoms with Gasteiger partial charge in [0.2, 0.25) is 0 Å². The first kappa shape index (κ1) is 86.0. The van der Waals surface area contributed by atoms with Gasteiger partial charge in [0.25, 0.3) is 0 Å². The molecule has 0 amide bonds. The van der Waals surface area contributed by atoms with E-state index in [9.17, 15) is 14.7 Å². The van der Waals surface area contributed by atoms with Crippen LogP contribution in [0.3, 0.4) is 0 Å². The largest absolute Gasteiger partial charge is 0.462 e. The second kappa shape index (κ2) is 79.3. The summed E-state index contributed by atoms with van der Waals surface area (Å²) in [5, 5.41) is 9.72. The third-order valence-electron chi connectivity index (χ3n) is 16.9. The van der Waals surface area contributed by atoms with Crippen LogP contribution in [0.2, 0.25) is 0 Å². The van der Waals surface area contributed by atoms with Crippen molar-refractivity contribution in [3.8, 4) is 0 Å². The van der Waals surface area contributed by atoms with E-state index in [1.165, 1.54) is 238 Å². The van der Waals surface area contributed by atoms with Crippen molar-refractivity contribution < 1.29 is 24.2 Å². The first-order valence-corrected chi connectivity index (χ1v) is 38.7. The quantitative estimate of drug-likeness (QED) is 0.0373. The zero-order valence-corrected chi connectivity index (χ0v) is 59.4. The smallest absolute Gasteiger partial charge is 0.306 e. The van der Waals surface area contributed by atoms with E-state index in [2.05, 4.69) is 148 Å². The van der Waals surface area contributed by atoms with Crippen LogP contribution in [0.4, 0.5) is 0 Å². The zero-order valence-electron chi connectivity index (χ0n) is 59.4. The summed E-state index contributed by atoms with van der Waals surface area (Å²) in [6, 6.07) is 0. The molecule has 0 spiro atoms. The van der Waals surface area contributed by atoms with Gasteiger partial charge in [-0.3, -0.25) is 9.59 Å². The molecule has 0 aromatic carbocycles. The van der Waals surface area contributed by atoms with E-state index < -0.39 is 6.10 Å². The Bertz CT molecular complexity index is 1800. The maximum absolute atomic E-state index is 12.4. The second-order valence-corrected chi connectivity index (χ2v) is 25.7. The third-order valence-corrected chi connectivity index (χ3v) is 16.9. The molecule has 0 aliphatic carbocycles. The van der Waals surface area contributed by atoms with E-state index in [0.29, 0.717) is 12.8 Å². The van der Waals surface area contributed by atoms with Crippen LogP contribution in [-0.2, 0) is 19.1 Å². The standard InChI is InChI=1S/C85H146O5/c1-3-5-7-9-11-13-15-17-19-21-23-25-27-29-31-33-35-37-39-40-41-42-43-44-46-47-49-51-53-55-57-59-61-63-65-67-69-71-73-75-77-79-84(87)89-82-83(81-86)90-85(88)80-78-76-74-72-70-68-66-64-62-60-58-56-54-52-50-48-45-38-36-34-32-30-28-26-24-22-20-18-16-14-12-10-8-6-4-2/h6,8,12,14-15,17-18,20-21,23-24,26,30,32,36,38,48,50,54,56,60,62,83,86H,3-5,7,9-11,13,16,19,22,25,27-29,31,33-35,37,39-47,49,51-53,55,57-59,61,63-82H2,1-2H3/b8-6-,14-12-,17-15-,20-18-,23-21-,26-24-,32-30-,38-36-,50-48-,56-54-,62-60-. The fourth-order valence-electron chi connectivity index (χ4n) is 11.2. The van der Waals surface area contributed by atoms with E-state index in [4.69, 9.17) is 9.47 Å². The molecule has 1 unspecified atom stereocenters. The molecule has 516 valence electrons. The van der Waals surface area contributed by atoms with Crippen molar-refractivity contribution in [2.45, 2.75) is 380 Å². The van der Waals surface area contributed by atoms with Crippen molar-refractivity contribution in [3.63, 3.8) is 0 Å². The number of rotatable bonds is 71. The molecule has 0 heterocycles. The van der Waals surface area contributed by atoms with Crippen molar-refractivity contribution in [2.24, 2.45) is 0 Å². The molecule has 0 saturated carbocycles. The minimum absolute atomic E-state index is 0.0737. The highest BCUT2D eigenvalue weighted by Gasteiger charge is 2.16. The van der Waals surface area contributed by atoms with Gasteiger partial charge < -0.3 is 14.6 Å². The van der Waals surface area contributed by atoms with E-state index >= 15 is 0 Å². The van der Waals surface area contributed by atoms with Crippen molar-refractivity contribution in [1.82, 2.24) is 0 Å². The minimum Gasteiger partial charge on any atom is -0.462 e. The summed E-state index contributed by atoms with van der Waals surface area (Å²) in [6.45, 7) is 4.04. The number of aliphatic hydroxyl groups excluding tert-OH is 1. The van der Waals surface area contributed by atoms with Crippen molar-refractivity contribution in [3.05, 3.63) is 134 Å². The predicted octanol–water partition coefficient (Wildman–Crippen LogP) is 27.4. The van der Waals surface area contributed by atoms with Gasteiger partial charge >= 0.3 is 11.9 Å². The Morgan fingerprint density at radius 3 is 0.722 bits per heavy atom. The normalized spacial score (nSPS) is 13.0. The second-order valence-electron chi connectivity index (χ2n) is 25.7. The highest BCUT2D eigenvalue weighted by Crippen LogP contribution is 2.18. The van der Waals surface area contributed by atoms with E-state index in [1.54, 1.807) is 0 Å². The van der Waals surface area contributed by atoms with Crippen LogP contribution in [0.25, 0.3) is 0 Å². The molecular weight excluding hydrogens is 1100 g/mol. The molecule has 90 heavy (non-hydrogen) atoms. The number of aliphatic hydroxyl groups is 1. The first-order chi connectivity index (χ1) is 44.6. The lowest BCUT2D eigenvalue weighted by atomic mass is 10.0. The molecule has 0 aliphatic rings. The number of hydrogen-bond acceptors (Lipinski definition) is 5. The van der Waals surface area contributed by atoms with Gasteiger partial charge in [0.05, 0.1) is 6.61 Å². The predicted molar refractivity (Wildman–Crippen MR) is 398 cm³/mol. The lowest BCUT2D eigenvalue weighted by Crippen LogP contribution is -2.28. The van der Waals surface area contributed by atoms with Crippen LogP contribution in [0, 0.1) is 0 Å². The van der Waals surface area contributed by atoms with Crippen molar-refractivity contribution in [2.75, 3.05) is 13.2 Å². The van der Waals surface area contributed by atoms with E-state index in [1.807, 2.05) is 0 Å². The van der Waals surface area contributed by atoms with Gasteiger partial charge in [-0.15, -0.1) is 0 Å². The molecule has 0 aromatic heterocycles. The Morgan fingerprint density at radius 1 is 0.267 bits per heavy atom. The van der Waals surface area contributed by atoms with Gasteiger partial charge in [-0.1, -0.05) is 379 Å². The van der Waals surface area contributed by atoms with Crippen LogP contribution < -0.4 is 0 Å². The highest BCUT2D eigenvalue weighted by molar-refractivity contribution is 5.70. The molecular formula is C85H146O5. The lowest BCUT2D eigenvalue weighted by Gasteiger charge is -2.15. The summed E-state index contributed by atoms with van der Waals surface area (Å²) >= 11 is 0. The SMILES string of the molecule is CC/C=C\C/C=C\C/C=C\C/C=C\C/C=C\C/C=C\C/C=C\C/C=C\C/C=C\CCCCCCCCCC(=O)OC(CO)COC(=O)CCCCCCCCCCCCCCCCCCCCCCCCCCCCCCC/C=C\C/C=C\CCCCCCC. The number of carbonyl (C=O) groups is 2. The first-order valence-electron chi connectivity index (χ1n) is 38.7. The summed E-state index contributed by atoms with van der Waals surface area (Å²) in [5.74, 6) is -0.596. The van der Waals surface area contributed by atoms with Gasteiger partial charge in [0.15, 0.2) is 6.10 Å². The Kier molecular flexibility index (Phi) is 75.8. The minimum atomic E-state index is -0.787. The molecule has 5 heteroatoms. The van der Waals surface area contributed by atoms with Gasteiger partial charge in [0, 0.05) is 12.8 Å². The average Bonchev–Trinajstić information content (AvgIpc) is 3.58. The monoisotopic (exact) mass is 1250 g/mol. The van der Waals surface area contributed by atoms with Gasteiger partial charge in [-0.25, -0.2) is 0 Å². The molecule has 0 fully saturated rings. The summed E-state index contributed by atoms with van der Waals surface area (Å²) in [5.41, 5.74) is 0. The average molecular weight is 1250 g/mol. The molecule has 0 aromatic rings. The highest BCUT2D eigenvalue weighted by atomic mass is 16.6. The fraction of sp³-hybridized carbons (Fsp3) is 0.718. The van der Waals surface area contributed by atoms with Crippen LogP contribution >= 0.6 is 0 Å². The number of carbonyl (C=O) groups excluding carboxylic acids is 2. The zero-order chi connectivity index (χ0) is 64.7. The number of unbranched alkanes of at least 4 members (excludes halogenated alkanes) is 41. The van der Waals surface area contributed by atoms with Crippen LogP contribution in [0.15, 0.2) is 134 Å². The molecule has 0 radical (unpaired) electrons. The molecule has 0 aliphatic heterocycles. The summed E-state index contributed by atoms with van der Waals surface area (Å²) in [6.07, 6.45) is 118. The Labute approximate surface area is 559 Å². The molecule has 1 atom stereocenters. The maximum atomic E-state index is 12.4. The fourth-order valence-corrected chi connectivity index (χ4v) is 11.2. The summed E-state index contributed by atoms with van der Waals surface area (Å²) in [4.78, 5) is 24.7. The van der Waals surface area contributed by atoms with Crippen molar-refractivity contribution in [1.29, 1.82) is 0 Å². The molecule has 0 bridgehead atoms. The number of hydrogen-bond donors (Lipinski definition) is 1. The maximum Gasteiger partial charge on any atom is 0.306 e. The molecule has 1 N–H and O–H groups in total. The van der Waals surface area contributed by atoms with Gasteiger partial charge in [0.1, 0.15) is 6.61 Å².